The lowest BCUT2D eigenvalue weighted by molar-refractivity contribution is -0.384. The summed E-state index contributed by atoms with van der Waals surface area (Å²) in [6.07, 6.45) is 3.07. The molecule has 0 N–H and O–H groups in total. The number of hydrogen-bond donors (Lipinski definition) is 0. The first-order valence-corrected chi connectivity index (χ1v) is 9.12. The molecule has 1 saturated heterocycles. The predicted octanol–water partition coefficient (Wildman–Crippen LogP) is 2.60. The highest BCUT2D eigenvalue weighted by Crippen LogP contribution is 2.16. The van der Waals surface area contributed by atoms with E-state index >= 15 is 0 Å². The molecule has 1 heterocycles. The molecule has 2 aromatic rings. The third kappa shape index (κ3) is 4.98. The molecule has 3 rings (SSSR count). The van der Waals surface area contributed by atoms with Crippen molar-refractivity contribution >= 4 is 23.6 Å². The number of hydrogen-bond acceptors (Lipinski definition) is 5. The van der Waals surface area contributed by atoms with Gasteiger partial charge in [-0.3, -0.25) is 19.7 Å². The number of carbonyl (C=O) groups is 2. The minimum absolute atomic E-state index is 0.00491. The maximum atomic E-state index is 12.6. The van der Waals surface area contributed by atoms with Crippen LogP contribution in [-0.2, 0) is 4.79 Å². The molecule has 29 heavy (non-hydrogen) atoms. The number of piperazine rings is 1. The van der Waals surface area contributed by atoms with E-state index in [1.54, 1.807) is 59.4 Å². The molecule has 1 aliphatic heterocycles. The van der Waals surface area contributed by atoms with E-state index < -0.39 is 4.92 Å². The Kier molecular flexibility index (Phi) is 6.23. The van der Waals surface area contributed by atoms with Crippen molar-refractivity contribution in [2.75, 3.05) is 33.3 Å². The van der Waals surface area contributed by atoms with Gasteiger partial charge in [0.2, 0.25) is 5.91 Å². The van der Waals surface area contributed by atoms with Gasteiger partial charge in [0.15, 0.2) is 0 Å². The molecule has 0 unspecified atom stereocenters. The Labute approximate surface area is 168 Å². The molecule has 0 atom stereocenters. The maximum Gasteiger partial charge on any atom is 0.269 e. The van der Waals surface area contributed by atoms with Crippen molar-refractivity contribution in [3.8, 4) is 5.75 Å². The third-order valence-electron chi connectivity index (χ3n) is 4.72. The van der Waals surface area contributed by atoms with Crippen molar-refractivity contribution in [3.63, 3.8) is 0 Å². The number of methoxy groups -OCH3 is 1. The predicted molar refractivity (Wildman–Crippen MR) is 108 cm³/mol. The normalized spacial score (nSPS) is 14.1. The summed E-state index contributed by atoms with van der Waals surface area (Å²) in [5.41, 5.74) is 1.27. The SMILES string of the molecule is COc1cccc(C(=O)N2CCN(C(=O)/C=C/c3ccc([N+](=O)[O-])cc3)CC2)c1. The van der Waals surface area contributed by atoms with Gasteiger partial charge in [0, 0.05) is 50.0 Å². The zero-order chi connectivity index (χ0) is 20.8. The molecule has 2 amide bonds. The summed E-state index contributed by atoms with van der Waals surface area (Å²) < 4.78 is 5.16. The number of amides is 2. The monoisotopic (exact) mass is 395 g/mol. The van der Waals surface area contributed by atoms with E-state index in [1.165, 1.54) is 18.2 Å². The van der Waals surface area contributed by atoms with Crippen LogP contribution in [0.1, 0.15) is 15.9 Å². The topological polar surface area (TPSA) is 93.0 Å². The van der Waals surface area contributed by atoms with E-state index in [1.807, 2.05) is 0 Å². The first-order chi connectivity index (χ1) is 14.0. The van der Waals surface area contributed by atoms with E-state index in [-0.39, 0.29) is 17.5 Å². The quantitative estimate of drug-likeness (QED) is 0.441. The molecular weight excluding hydrogens is 374 g/mol. The highest BCUT2D eigenvalue weighted by Gasteiger charge is 2.24. The van der Waals surface area contributed by atoms with Crippen molar-refractivity contribution in [3.05, 3.63) is 75.8 Å². The Bertz CT molecular complexity index is 932. The van der Waals surface area contributed by atoms with Gasteiger partial charge in [-0.05, 0) is 42.0 Å². The van der Waals surface area contributed by atoms with Gasteiger partial charge in [-0.15, -0.1) is 0 Å². The number of non-ortho nitro benzene ring substituents is 1. The number of nitrogens with zero attached hydrogens (tertiary/aromatic N) is 3. The molecule has 0 aromatic heterocycles. The second-order valence-corrected chi connectivity index (χ2v) is 6.53. The minimum atomic E-state index is -0.467. The fourth-order valence-electron chi connectivity index (χ4n) is 3.05. The summed E-state index contributed by atoms with van der Waals surface area (Å²) >= 11 is 0. The standard InChI is InChI=1S/C21H21N3O5/c1-29-19-4-2-3-17(15-19)21(26)23-13-11-22(12-14-23)20(25)10-7-16-5-8-18(9-6-16)24(27)28/h2-10,15H,11-14H2,1H3/b10-7+. The summed E-state index contributed by atoms with van der Waals surface area (Å²) in [6, 6.07) is 13.0. The van der Waals surface area contributed by atoms with Crippen LogP contribution < -0.4 is 4.74 Å². The molecular formula is C21H21N3O5. The Morgan fingerprint density at radius 3 is 2.31 bits per heavy atom. The molecule has 0 bridgehead atoms. The van der Waals surface area contributed by atoms with Gasteiger partial charge in [0.25, 0.3) is 11.6 Å². The van der Waals surface area contributed by atoms with Crippen LogP contribution in [0.3, 0.4) is 0 Å². The third-order valence-corrected chi connectivity index (χ3v) is 4.72. The summed E-state index contributed by atoms with van der Waals surface area (Å²) in [4.78, 5) is 38.6. The Hall–Kier alpha value is -3.68. The van der Waals surface area contributed by atoms with Gasteiger partial charge in [-0.2, -0.15) is 0 Å². The van der Waals surface area contributed by atoms with Gasteiger partial charge in [0.1, 0.15) is 5.75 Å². The second-order valence-electron chi connectivity index (χ2n) is 6.53. The van der Waals surface area contributed by atoms with Crippen LogP contribution in [0, 0.1) is 10.1 Å². The lowest BCUT2D eigenvalue weighted by Crippen LogP contribution is -2.50. The molecule has 0 aliphatic carbocycles. The van der Waals surface area contributed by atoms with Crippen molar-refractivity contribution in [2.24, 2.45) is 0 Å². The number of nitro benzene ring substituents is 1. The zero-order valence-corrected chi connectivity index (χ0v) is 16.0. The molecule has 0 saturated carbocycles. The Morgan fingerprint density at radius 1 is 1.03 bits per heavy atom. The lowest BCUT2D eigenvalue weighted by Gasteiger charge is -2.34. The maximum absolute atomic E-state index is 12.6. The van der Waals surface area contributed by atoms with Crippen molar-refractivity contribution in [2.45, 2.75) is 0 Å². The highest BCUT2D eigenvalue weighted by atomic mass is 16.6. The van der Waals surface area contributed by atoms with E-state index in [9.17, 15) is 19.7 Å². The summed E-state index contributed by atoms with van der Waals surface area (Å²) in [5, 5.41) is 10.7. The molecule has 1 aliphatic rings. The first-order valence-electron chi connectivity index (χ1n) is 9.12. The van der Waals surface area contributed by atoms with Gasteiger partial charge < -0.3 is 14.5 Å². The Morgan fingerprint density at radius 2 is 1.69 bits per heavy atom. The van der Waals surface area contributed by atoms with Crippen LogP contribution in [0.2, 0.25) is 0 Å². The van der Waals surface area contributed by atoms with Gasteiger partial charge in [-0.1, -0.05) is 6.07 Å². The van der Waals surface area contributed by atoms with Crippen LogP contribution in [0.25, 0.3) is 6.08 Å². The summed E-state index contributed by atoms with van der Waals surface area (Å²) in [5.74, 6) is 0.385. The highest BCUT2D eigenvalue weighted by molar-refractivity contribution is 5.95. The lowest BCUT2D eigenvalue weighted by atomic mass is 10.1. The molecule has 1 fully saturated rings. The van der Waals surface area contributed by atoms with E-state index in [0.29, 0.717) is 43.1 Å². The fourth-order valence-corrected chi connectivity index (χ4v) is 3.05. The van der Waals surface area contributed by atoms with E-state index in [2.05, 4.69) is 0 Å². The van der Waals surface area contributed by atoms with Gasteiger partial charge in [0.05, 0.1) is 12.0 Å². The van der Waals surface area contributed by atoms with E-state index in [4.69, 9.17) is 4.74 Å². The smallest absolute Gasteiger partial charge is 0.269 e. The number of benzene rings is 2. The summed E-state index contributed by atoms with van der Waals surface area (Å²) in [7, 11) is 1.55. The largest absolute Gasteiger partial charge is 0.497 e. The molecule has 2 aromatic carbocycles. The molecule has 8 nitrogen and oxygen atoms in total. The average molecular weight is 395 g/mol. The molecule has 0 radical (unpaired) electrons. The van der Waals surface area contributed by atoms with Crippen LogP contribution >= 0.6 is 0 Å². The molecule has 0 spiro atoms. The van der Waals surface area contributed by atoms with Crippen molar-refractivity contribution in [1.82, 2.24) is 9.80 Å². The van der Waals surface area contributed by atoms with Crippen molar-refractivity contribution in [1.29, 1.82) is 0 Å². The molecule has 8 heteroatoms. The second kappa shape index (κ2) is 9.01. The van der Waals surface area contributed by atoms with Crippen LogP contribution in [-0.4, -0.2) is 59.8 Å². The number of ether oxygens (including phenoxy) is 1. The van der Waals surface area contributed by atoms with Gasteiger partial charge >= 0.3 is 0 Å². The fraction of sp³-hybridized carbons (Fsp3) is 0.238. The Balaban J connectivity index is 1.55. The minimum Gasteiger partial charge on any atom is -0.497 e. The zero-order valence-electron chi connectivity index (χ0n) is 16.0. The number of nitro groups is 1. The average Bonchev–Trinajstić information content (AvgIpc) is 2.77. The number of rotatable bonds is 5. The molecule has 150 valence electrons. The van der Waals surface area contributed by atoms with E-state index in [0.717, 1.165) is 0 Å². The van der Waals surface area contributed by atoms with Crippen LogP contribution in [0.5, 0.6) is 5.75 Å². The number of carbonyl (C=O) groups excluding carboxylic acids is 2. The van der Waals surface area contributed by atoms with Crippen LogP contribution in [0.4, 0.5) is 5.69 Å². The van der Waals surface area contributed by atoms with Crippen molar-refractivity contribution < 1.29 is 19.2 Å². The first kappa shape index (κ1) is 20.1. The van der Waals surface area contributed by atoms with Crippen LogP contribution in [0.15, 0.2) is 54.6 Å². The van der Waals surface area contributed by atoms with Gasteiger partial charge in [-0.25, -0.2) is 0 Å². The summed E-state index contributed by atoms with van der Waals surface area (Å²) in [6.45, 7) is 1.79.